The van der Waals surface area contributed by atoms with Crippen LogP contribution in [-0.2, 0) is 0 Å². The zero-order chi connectivity index (χ0) is 9.26. The smallest absolute Gasteiger partial charge is 0.109 e. The van der Waals surface area contributed by atoms with Gasteiger partial charge in [-0.2, -0.15) is 11.8 Å². The van der Waals surface area contributed by atoms with Gasteiger partial charge in [-0.25, -0.2) is 4.98 Å². The molecule has 72 valence electrons. The van der Waals surface area contributed by atoms with Crippen molar-refractivity contribution < 1.29 is 0 Å². The average Bonchev–Trinajstić information content (AvgIpc) is 2.75. The lowest BCUT2D eigenvalue weighted by atomic mass is 10.2. The second kappa shape index (κ2) is 3.98. The summed E-state index contributed by atoms with van der Waals surface area (Å²) in [6.45, 7) is 1.99. The SMILES string of the molecule is CC(N)c1nc(C2CCCS2)cs1. The van der Waals surface area contributed by atoms with E-state index in [1.54, 1.807) is 11.3 Å². The van der Waals surface area contributed by atoms with Crippen molar-refractivity contribution in [3.05, 3.63) is 16.1 Å². The first-order valence-electron chi connectivity index (χ1n) is 4.60. The van der Waals surface area contributed by atoms with Crippen LogP contribution < -0.4 is 5.73 Å². The van der Waals surface area contributed by atoms with Crippen molar-refractivity contribution in [1.82, 2.24) is 4.98 Å². The lowest BCUT2D eigenvalue weighted by Gasteiger charge is -2.03. The Bertz CT molecular complexity index is 277. The molecule has 0 bridgehead atoms. The van der Waals surface area contributed by atoms with Gasteiger partial charge in [0.2, 0.25) is 0 Å². The molecule has 0 amide bonds. The highest BCUT2D eigenvalue weighted by atomic mass is 32.2. The van der Waals surface area contributed by atoms with Crippen LogP contribution in [0.15, 0.2) is 5.38 Å². The molecule has 2 atom stereocenters. The molecule has 1 aliphatic heterocycles. The van der Waals surface area contributed by atoms with Crippen LogP contribution in [0.5, 0.6) is 0 Å². The fourth-order valence-corrected chi connectivity index (χ4v) is 3.63. The molecule has 2 heterocycles. The van der Waals surface area contributed by atoms with Crippen molar-refractivity contribution in [1.29, 1.82) is 0 Å². The van der Waals surface area contributed by atoms with Crippen molar-refractivity contribution in [2.45, 2.75) is 31.1 Å². The summed E-state index contributed by atoms with van der Waals surface area (Å²) >= 11 is 3.72. The molecule has 0 saturated carbocycles. The summed E-state index contributed by atoms with van der Waals surface area (Å²) in [7, 11) is 0. The number of aromatic nitrogens is 1. The van der Waals surface area contributed by atoms with Gasteiger partial charge in [0.05, 0.1) is 11.7 Å². The minimum absolute atomic E-state index is 0.0881. The summed E-state index contributed by atoms with van der Waals surface area (Å²) < 4.78 is 0. The molecule has 13 heavy (non-hydrogen) atoms. The highest BCUT2D eigenvalue weighted by Crippen LogP contribution is 2.40. The number of rotatable bonds is 2. The number of hydrogen-bond donors (Lipinski definition) is 1. The third-order valence-corrected chi connectivity index (χ3v) is 4.66. The predicted molar refractivity (Wildman–Crippen MR) is 59.1 cm³/mol. The van der Waals surface area contributed by atoms with Crippen molar-refractivity contribution in [2.75, 3.05) is 5.75 Å². The van der Waals surface area contributed by atoms with Crippen LogP contribution in [0.25, 0.3) is 0 Å². The third kappa shape index (κ3) is 2.06. The van der Waals surface area contributed by atoms with Gasteiger partial charge in [-0.3, -0.25) is 0 Å². The van der Waals surface area contributed by atoms with E-state index in [0.29, 0.717) is 5.25 Å². The average molecular weight is 214 g/mol. The first-order chi connectivity index (χ1) is 6.27. The van der Waals surface area contributed by atoms with Crippen molar-refractivity contribution in [2.24, 2.45) is 5.73 Å². The Kier molecular flexibility index (Phi) is 2.91. The molecule has 2 unspecified atom stereocenters. The molecule has 1 aromatic heterocycles. The van der Waals surface area contributed by atoms with E-state index in [4.69, 9.17) is 5.73 Å². The van der Waals surface area contributed by atoms with E-state index in [9.17, 15) is 0 Å². The van der Waals surface area contributed by atoms with Crippen LogP contribution in [-0.4, -0.2) is 10.7 Å². The maximum atomic E-state index is 5.77. The third-order valence-electron chi connectivity index (χ3n) is 2.19. The Morgan fingerprint density at radius 3 is 3.08 bits per heavy atom. The molecule has 4 heteroatoms. The molecular weight excluding hydrogens is 200 g/mol. The van der Waals surface area contributed by atoms with Crippen LogP contribution in [0.1, 0.15) is 41.8 Å². The first-order valence-corrected chi connectivity index (χ1v) is 6.52. The number of nitrogens with two attached hydrogens (primary N) is 1. The molecule has 0 aromatic carbocycles. The molecule has 0 radical (unpaired) electrons. The zero-order valence-electron chi connectivity index (χ0n) is 7.69. The maximum Gasteiger partial charge on any atom is 0.109 e. The number of hydrogen-bond acceptors (Lipinski definition) is 4. The standard InChI is InChI=1S/C9H14N2S2/c1-6(10)9-11-7(5-13-9)8-3-2-4-12-8/h5-6,8H,2-4,10H2,1H3. The number of thiazole rings is 1. The van der Waals surface area contributed by atoms with Crippen LogP contribution in [0, 0.1) is 0 Å². The van der Waals surface area contributed by atoms with Crippen molar-refractivity contribution >= 4 is 23.1 Å². The summed E-state index contributed by atoms with van der Waals surface area (Å²) in [4.78, 5) is 4.56. The minimum atomic E-state index is 0.0881. The van der Waals surface area contributed by atoms with Crippen molar-refractivity contribution in [3.8, 4) is 0 Å². The fourth-order valence-electron chi connectivity index (χ4n) is 1.47. The van der Waals surface area contributed by atoms with Crippen LogP contribution >= 0.6 is 23.1 Å². The predicted octanol–water partition coefficient (Wildman–Crippen LogP) is 2.73. The Morgan fingerprint density at radius 1 is 1.69 bits per heavy atom. The first kappa shape index (κ1) is 9.49. The van der Waals surface area contributed by atoms with Crippen LogP contribution in [0.4, 0.5) is 0 Å². The largest absolute Gasteiger partial charge is 0.322 e. The maximum absolute atomic E-state index is 5.77. The van der Waals surface area contributed by atoms with E-state index in [1.165, 1.54) is 24.3 Å². The second-order valence-corrected chi connectivity index (χ2v) is 5.60. The zero-order valence-corrected chi connectivity index (χ0v) is 9.33. The van der Waals surface area contributed by atoms with Gasteiger partial charge < -0.3 is 5.73 Å². The summed E-state index contributed by atoms with van der Waals surface area (Å²) in [6, 6.07) is 0.0881. The number of nitrogens with zero attached hydrogens (tertiary/aromatic N) is 1. The van der Waals surface area contributed by atoms with Crippen molar-refractivity contribution in [3.63, 3.8) is 0 Å². The highest BCUT2D eigenvalue weighted by molar-refractivity contribution is 7.99. The minimum Gasteiger partial charge on any atom is -0.322 e. The second-order valence-electron chi connectivity index (χ2n) is 3.40. The summed E-state index contributed by atoms with van der Waals surface area (Å²) in [5.41, 5.74) is 7.02. The molecule has 1 aliphatic rings. The Labute approximate surface area is 86.9 Å². The Hall–Kier alpha value is -0.0600. The topological polar surface area (TPSA) is 38.9 Å². The summed E-state index contributed by atoms with van der Waals surface area (Å²) in [5, 5.41) is 3.88. The summed E-state index contributed by atoms with van der Waals surface area (Å²) in [6.07, 6.45) is 2.62. The van der Waals surface area contributed by atoms with E-state index in [0.717, 1.165) is 5.01 Å². The van der Waals surface area contributed by atoms with E-state index in [1.807, 2.05) is 18.7 Å². The normalized spacial score (nSPS) is 24.9. The molecule has 0 aliphatic carbocycles. The quantitative estimate of drug-likeness (QED) is 0.822. The molecule has 0 spiro atoms. The van der Waals surface area contributed by atoms with E-state index in [-0.39, 0.29) is 6.04 Å². The van der Waals surface area contributed by atoms with Gasteiger partial charge in [-0.05, 0) is 25.5 Å². The van der Waals surface area contributed by atoms with Gasteiger partial charge in [0, 0.05) is 10.6 Å². The van der Waals surface area contributed by atoms with Gasteiger partial charge in [0.15, 0.2) is 0 Å². The molecule has 2 rings (SSSR count). The monoisotopic (exact) mass is 214 g/mol. The Morgan fingerprint density at radius 2 is 2.54 bits per heavy atom. The fraction of sp³-hybridized carbons (Fsp3) is 0.667. The molecule has 1 fully saturated rings. The number of thioether (sulfide) groups is 1. The molecule has 2 nitrogen and oxygen atoms in total. The van der Waals surface area contributed by atoms with E-state index < -0.39 is 0 Å². The molecule has 2 N–H and O–H groups in total. The van der Waals surface area contributed by atoms with Gasteiger partial charge in [-0.1, -0.05) is 0 Å². The van der Waals surface area contributed by atoms with E-state index in [2.05, 4.69) is 10.4 Å². The molecule has 1 saturated heterocycles. The molecular formula is C9H14N2S2. The van der Waals surface area contributed by atoms with Crippen LogP contribution in [0.3, 0.4) is 0 Å². The highest BCUT2D eigenvalue weighted by Gasteiger charge is 2.20. The van der Waals surface area contributed by atoms with Gasteiger partial charge in [0.1, 0.15) is 5.01 Å². The van der Waals surface area contributed by atoms with Gasteiger partial charge in [0.25, 0.3) is 0 Å². The lowest BCUT2D eigenvalue weighted by molar-refractivity contribution is 0.773. The van der Waals surface area contributed by atoms with E-state index >= 15 is 0 Å². The van der Waals surface area contributed by atoms with Crippen LogP contribution in [0.2, 0.25) is 0 Å². The van der Waals surface area contributed by atoms with Gasteiger partial charge >= 0.3 is 0 Å². The van der Waals surface area contributed by atoms with Gasteiger partial charge in [-0.15, -0.1) is 11.3 Å². The Balaban J connectivity index is 2.12. The molecule has 1 aromatic rings. The lowest BCUT2D eigenvalue weighted by Crippen LogP contribution is -2.04. The summed E-state index contributed by atoms with van der Waals surface area (Å²) in [5.74, 6) is 1.29.